The third-order valence-corrected chi connectivity index (χ3v) is 3.62. The minimum Gasteiger partial charge on any atom is -0.469 e. The summed E-state index contributed by atoms with van der Waals surface area (Å²) in [6.45, 7) is 2.03. The lowest BCUT2D eigenvalue weighted by Gasteiger charge is -2.18. The van der Waals surface area contributed by atoms with Gasteiger partial charge in [0.05, 0.1) is 7.11 Å². The number of rotatable bonds is 5. The summed E-state index contributed by atoms with van der Waals surface area (Å²) in [6.07, 6.45) is 1.18. The van der Waals surface area contributed by atoms with Crippen molar-refractivity contribution >= 4 is 16.7 Å². The van der Waals surface area contributed by atoms with Crippen molar-refractivity contribution in [3.05, 3.63) is 48.0 Å². The number of ether oxygens (including phenoxy) is 1. The van der Waals surface area contributed by atoms with Gasteiger partial charge in [-0.05, 0) is 28.7 Å². The van der Waals surface area contributed by atoms with Crippen LogP contribution in [0.2, 0.25) is 0 Å². The summed E-state index contributed by atoms with van der Waals surface area (Å²) in [6, 6.07) is 14.3. The van der Waals surface area contributed by atoms with Crippen LogP contribution in [0.5, 0.6) is 0 Å². The van der Waals surface area contributed by atoms with E-state index in [2.05, 4.69) is 24.3 Å². The first-order chi connectivity index (χ1) is 9.61. The third-order valence-electron chi connectivity index (χ3n) is 3.62. The number of esters is 1. The van der Waals surface area contributed by atoms with Gasteiger partial charge >= 0.3 is 5.97 Å². The van der Waals surface area contributed by atoms with Crippen molar-refractivity contribution in [3.8, 4) is 0 Å². The van der Waals surface area contributed by atoms with Crippen LogP contribution in [-0.4, -0.2) is 13.1 Å². The Morgan fingerprint density at radius 2 is 1.90 bits per heavy atom. The highest BCUT2D eigenvalue weighted by atomic mass is 16.5. The first-order valence-electron chi connectivity index (χ1n) is 6.92. The zero-order chi connectivity index (χ0) is 14.5. The predicted octanol–water partition coefficient (Wildman–Crippen LogP) is 3.43. The van der Waals surface area contributed by atoms with Crippen LogP contribution in [0.25, 0.3) is 10.8 Å². The molecule has 106 valence electrons. The van der Waals surface area contributed by atoms with Crippen LogP contribution in [0.3, 0.4) is 0 Å². The number of nitrogens with two attached hydrogens (primary N) is 1. The molecule has 2 atom stereocenters. The van der Waals surface area contributed by atoms with E-state index in [9.17, 15) is 4.79 Å². The maximum atomic E-state index is 11.3. The summed E-state index contributed by atoms with van der Waals surface area (Å²) in [4.78, 5) is 11.3. The number of hydrogen-bond acceptors (Lipinski definition) is 3. The van der Waals surface area contributed by atoms with Gasteiger partial charge in [0.15, 0.2) is 0 Å². The standard InChI is InChI=1S/C17H21NO2/c1-12(11-17(19)20-2)10-16(18)15-9-5-7-13-6-3-4-8-14(13)15/h3-9,12,16H,10-11,18H2,1-2H3. The van der Waals surface area contributed by atoms with Gasteiger partial charge in [0.1, 0.15) is 0 Å². The fourth-order valence-electron chi connectivity index (χ4n) is 2.59. The van der Waals surface area contributed by atoms with E-state index in [-0.39, 0.29) is 17.9 Å². The first kappa shape index (κ1) is 14.5. The fraction of sp³-hybridized carbons (Fsp3) is 0.353. The number of carbonyl (C=O) groups is 1. The minimum atomic E-state index is -0.178. The van der Waals surface area contributed by atoms with Crippen LogP contribution in [-0.2, 0) is 9.53 Å². The lowest BCUT2D eigenvalue weighted by Crippen LogP contribution is -2.17. The van der Waals surface area contributed by atoms with Gasteiger partial charge in [-0.3, -0.25) is 4.79 Å². The monoisotopic (exact) mass is 271 g/mol. The maximum absolute atomic E-state index is 11.3. The molecular formula is C17H21NO2. The molecule has 0 radical (unpaired) electrons. The minimum absolute atomic E-state index is 0.0687. The Balaban J connectivity index is 2.15. The Kier molecular flexibility index (Phi) is 4.74. The van der Waals surface area contributed by atoms with Crippen LogP contribution in [0.1, 0.15) is 31.4 Å². The van der Waals surface area contributed by atoms with Crippen LogP contribution in [0.4, 0.5) is 0 Å². The normalized spacial score (nSPS) is 13.9. The number of methoxy groups -OCH3 is 1. The van der Waals surface area contributed by atoms with E-state index < -0.39 is 0 Å². The zero-order valence-electron chi connectivity index (χ0n) is 12.0. The molecular weight excluding hydrogens is 250 g/mol. The number of carbonyl (C=O) groups excluding carboxylic acids is 1. The molecule has 2 aromatic rings. The van der Waals surface area contributed by atoms with Crippen LogP contribution in [0.15, 0.2) is 42.5 Å². The molecule has 20 heavy (non-hydrogen) atoms. The smallest absolute Gasteiger partial charge is 0.305 e. The van der Waals surface area contributed by atoms with Crippen LogP contribution in [0, 0.1) is 5.92 Å². The lowest BCUT2D eigenvalue weighted by atomic mass is 9.91. The van der Waals surface area contributed by atoms with Crippen molar-refractivity contribution in [2.45, 2.75) is 25.8 Å². The third kappa shape index (κ3) is 3.36. The van der Waals surface area contributed by atoms with E-state index in [1.54, 1.807) is 0 Å². The molecule has 3 nitrogen and oxygen atoms in total. The molecule has 0 bridgehead atoms. The Bertz CT molecular complexity index is 589. The second-order valence-corrected chi connectivity index (χ2v) is 5.30. The summed E-state index contributed by atoms with van der Waals surface area (Å²) < 4.78 is 4.70. The molecule has 0 spiro atoms. The first-order valence-corrected chi connectivity index (χ1v) is 6.92. The highest BCUT2D eigenvalue weighted by Gasteiger charge is 2.16. The van der Waals surface area contributed by atoms with Crippen molar-refractivity contribution in [2.24, 2.45) is 11.7 Å². The van der Waals surface area contributed by atoms with E-state index >= 15 is 0 Å². The quantitative estimate of drug-likeness (QED) is 0.848. The van der Waals surface area contributed by atoms with Crippen molar-refractivity contribution < 1.29 is 9.53 Å². The molecule has 0 saturated carbocycles. The number of fused-ring (bicyclic) bond motifs is 1. The zero-order valence-corrected chi connectivity index (χ0v) is 12.0. The van der Waals surface area contributed by atoms with Crippen LogP contribution >= 0.6 is 0 Å². The molecule has 0 heterocycles. The number of hydrogen-bond donors (Lipinski definition) is 1. The van der Waals surface area contributed by atoms with Crippen molar-refractivity contribution in [1.82, 2.24) is 0 Å². The lowest BCUT2D eigenvalue weighted by molar-refractivity contribution is -0.141. The molecule has 2 rings (SSSR count). The van der Waals surface area contributed by atoms with Gasteiger partial charge in [0.2, 0.25) is 0 Å². The summed E-state index contributed by atoms with van der Waals surface area (Å²) in [5.74, 6) is 0.0269. The highest BCUT2D eigenvalue weighted by Crippen LogP contribution is 2.27. The SMILES string of the molecule is COC(=O)CC(C)CC(N)c1cccc2ccccc12. The highest BCUT2D eigenvalue weighted by molar-refractivity contribution is 5.86. The predicted molar refractivity (Wildman–Crippen MR) is 81.3 cm³/mol. The topological polar surface area (TPSA) is 52.3 Å². The van der Waals surface area contributed by atoms with Gasteiger partial charge in [0.25, 0.3) is 0 Å². The molecule has 0 fully saturated rings. The average Bonchev–Trinajstić information content (AvgIpc) is 2.46. The summed E-state index contributed by atoms with van der Waals surface area (Å²) in [5, 5.41) is 2.38. The Morgan fingerprint density at radius 3 is 2.65 bits per heavy atom. The molecule has 2 N–H and O–H groups in total. The molecule has 0 aliphatic rings. The van der Waals surface area contributed by atoms with Crippen molar-refractivity contribution in [3.63, 3.8) is 0 Å². The molecule has 0 aliphatic heterocycles. The fourth-order valence-corrected chi connectivity index (χ4v) is 2.59. The van der Waals surface area contributed by atoms with Crippen molar-refractivity contribution in [2.75, 3.05) is 7.11 Å². The van der Waals surface area contributed by atoms with E-state index in [4.69, 9.17) is 10.5 Å². The van der Waals surface area contributed by atoms with E-state index in [0.29, 0.717) is 6.42 Å². The van der Waals surface area contributed by atoms with Gasteiger partial charge in [-0.25, -0.2) is 0 Å². The summed E-state index contributed by atoms with van der Waals surface area (Å²) in [7, 11) is 1.42. The van der Waals surface area contributed by atoms with Gasteiger partial charge < -0.3 is 10.5 Å². The molecule has 0 aliphatic carbocycles. The summed E-state index contributed by atoms with van der Waals surface area (Å²) >= 11 is 0. The van der Waals surface area contributed by atoms with E-state index in [1.165, 1.54) is 17.9 Å². The van der Waals surface area contributed by atoms with Gasteiger partial charge in [-0.2, -0.15) is 0 Å². The maximum Gasteiger partial charge on any atom is 0.305 e. The molecule has 2 aromatic carbocycles. The Hall–Kier alpha value is -1.87. The second kappa shape index (κ2) is 6.53. The molecule has 3 heteroatoms. The number of benzene rings is 2. The molecule has 2 unspecified atom stereocenters. The molecule has 0 aromatic heterocycles. The van der Waals surface area contributed by atoms with E-state index in [1.807, 2.05) is 25.1 Å². The Labute approximate surface area is 119 Å². The van der Waals surface area contributed by atoms with E-state index in [0.717, 1.165) is 12.0 Å². The molecule has 0 amide bonds. The van der Waals surface area contributed by atoms with Crippen LogP contribution < -0.4 is 5.73 Å². The molecule has 0 saturated heterocycles. The Morgan fingerprint density at radius 1 is 1.20 bits per heavy atom. The largest absolute Gasteiger partial charge is 0.469 e. The van der Waals surface area contributed by atoms with Crippen molar-refractivity contribution in [1.29, 1.82) is 0 Å². The summed E-state index contributed by atoms with van der Waals surface area (Å²) in [5.41, 5.74) is 7.47. The van der Waals surface area contributed by atoms with Gasteiger partial charge in [-0.15, -0.1) is 0 Å². The second-order valence-electron chi connectivity index (χ2n) is 5.30. The van der Waals surface area contributed by atoms with Gasteiger partial charge in [0, 0.05) is 12.5 Å². The van der Waals surface area contributed by atoms with Gasteiger partial charge in [-0.1, -0.05) is 49.4 Å². The average molecular weight is 271 g/mol.